The number of nitrogens with zero attached hydrogens (tertiary/aromatic N) is 1. The van der Waals surface area contributed by atoms with Gasteiger partial charge in [-0.15, -0.1) is 11.8 Å². The van der Waals surface area contributed by atoms with Crippen LogP contribution in [0.15, 0.2) is 0 Å². The van der Waals surface area contributed by atoms with Crippen LogP contribution in [0.4, 0.5) is 4.39 Å². The average Bonchev–Trinajstić information content (AvgIpc) is 3.22. The third-order valence-electron chi connectivity index (χ3n) is 7.11. The van der Waals surface area contributed by atoms with Crippen LogP contribution in [0.25, 0.3) is 0 Å². The molecule has 0 spiro atoms. The van der Waals surface area contributed by atoms with E-state index in [9.17, 15) is 4.39 Å². The van der Waals surface area contributed by atoms with Gasteiger partial charge in [0.2, 0.25) is 0 Å². The van der Waals surface area contributed by atoms with Crippen LogP contribution in [0, 0.1) is 11.8 Å². The van der Waals surface area contributed by atoms with Crippen LogP contribution in [0.5, 0.6) is 0 Å². The zero-order valence-electron chi connectivity index (χ0n) is 14.9. The molecule has 0 aromatic rings. The molecule has 5 fully saturated rings. The number of thioether (sulfide) groups is 1. The molecule has 0 aromatic carbocycles. The Bertz CT molecular complexity index is 482. The van der Waals surface area contributed by atoms with Crippen molar-refractivity contribution >= 4 is 11.8 Å². The van der Waals surface area contributed by atoms with E-state index in [-0.39, 0.29) is 11.7 Å². The molecule has 0 amide bonds. The molecule has 7 heteroatoms. The second-order valence-electron chi connectivity index (χ2n) is 8.70. The molecule has 3 saturated heterocycles. The fourth-order valence-corrected chi connectivity index (χ4v) is 7.07. The monoisotopic (exact) mass is 369 g/mol. The summed E-state index contributed by atoms with van der Waals surface area (Å²) in [7, 11) is 0. The molecule has 5 rings (SSSR count). The molecular weight excluding hydrogens is 337 g/mol. The molecule has 2 aliphatic carbocycles. The van der Waals surface area contributed by atoms with E-state index in [0.717, 1.165) is 31.2 Å². The molecule has 3 heterocycles. The predicted molar refractivity (Wildman–Crippen MR) is 99.0 cm³/mol. The lowest BCUT2D eigenvalue weighted by Crippen LogP contribution is -2.58. The minimum atomic E-state index is -0.617. The van der Waals surface area contributed by atoms with E-state index in [4.69, 9.17) is 0 Å². The maximum absolute atomic E-state index is 13.9. The van der Waals surface area contributed by atoms with E-state index in [1.54, 1.807) is 0 Å². The van der Waals surface area contributed by atoms with E-state index in [2.05, 4.69) is 26.6 Å². The lowest BCUT2D eigenvalue weighted by Gasteiger charge is -2.42. The number of alkyl halides is 1. The zero-order chi connectivity index (χ0) is 16.8. The lowest BCUT2D eigenvalue weighted by atomic mass is 9.78. The zero-order valence-corrected chi connectivity index (χ0v) is 15.7. The SMILES string of the molecule is FC1CCCC(C2NNC3SC(C4CCC5CCCCC5N4)NN32)C1. The third-order valence-corrected chi connectivity index (χ3v) is 8.44. The van der Waals surface area contributed by atoms with Gasteiger partial charge in [0.15, 0.2) is 0 Å². The molecule has 8 atom stereocenters. The Morgan fingerprint density at radius 3 is 2.64 bits per heavy atom. The van der Waals surface area contributed by atoms with Crippen LogP contribution in [0.1, 0.15) is 64.2 Å². The molecule has 142 valence electrons. The first kappa shape index (κ1) is 17.2. The van der Waals surface area contributed by atoms with E-state index in [0.29, 0.717) is 23.8 Å². The highest BCUT2D eigenvalue weighted by Crippen LogP contribution is 2.40. The Morgan fingerprint density at radius 1 is 0.840 bits per heavy atom. The van der Waals surface area contributed by atoms with Gasteiger partial charge < -0.3 is 5.32 Å². The van der Waals surface area contributed by atoms with Crippen LogP contribution < -0.4 is 21.6 Å². The highest BCUT2D eigenvalue weighted by molar-refractivity contribution is 8.00. The molecular formula is C18H32FN5S. The first-order chi connectivity index (χ1) is 12.3. The van der Waals surface area contributed by atoms with Gasteiger partial charge >= 0.3 is 0 Å². The van der Waals surface area contributed by atoms with Crippen molar-refractivity contribution in [3.05, 3.63) is 0 Å². The van der Waals surface area contributed by atoms with Crippen molar-refractivity contribution in [2.24, 2.45) is 11.8 Å². The largest absolute Gasteiger partial charge is 0.308 e. The van der Waals surface area contributed by atoms with Crippen molar-refractivity contribution in [3.63, 3.8) is 0 Å². The van der Waals surface area contributed by atoms with Crippen molar-refractivity contribution in [2.45, 2.75) is 99.5 Å². The number of piperidine rings is 1. The van der Waals surface area contributed by atoms with Gasteiger partial charge in [-0.3, -0.25) is 0 Å². The Morgan fingerprint density at radius 2 is 1.72 bits per heavy atom. The molecule has 3 aliphatic heterocycles. The normalized spacial score (nSPS) is 51.2. The fourth-order valence-electron chi connectivity index (χ4n) is 5.75. The van der Waals surface area contributed by atoms with Gasteiger partial charge in [0.1, 0.15) is 11.7 Å². The Hall–Kier alpha value is 0.0800. The first-order valence-corrected chi connectivity index (χ1v) is 11.3. The van der Waals surface area contributed by atoms with E-state index >= 15 is 0 Å². The highest BCUT2D eigenvalue weighted by Gasteiger charge is 2.48. The summed E-state index contributed by atoms with van der Waals surface area (Å²) in [6.07, 6.45) is 11.4. The Labute approximate surface area is 154 Å². The molecule has 5 nitrogen and oxygen atoms in total. The van der Waals surface area contributed by atoms with E-state index < -0.39 is 6.17 Å². The van der Waals surface area contributed by atoms with Gasteiger partial charge in [-0.1, -0.05) is 19.3 Å². The summed E-state index contributed by atoms with van der Waals surface area (Å²) in [5.41, 5.74) is 10.9. The third kappa shape index (κ3) is 3.36. The summed E-state index contributed by atoms with van der Waals surface area (Å²) >= 11 is 1.98. The summed E-state index contributed by atoms with van der Waals surface area (Å²) < 4.78 is 13.9. The molecule has 8 unspecified atom stereocenters. The molecule has 2 saturated carbocycles. The first-order valence-electron chi connectivity index (χ1n) is 10.4. The number of fused-ring (bicyclic) bond motifs is 2. The van der Waals surface area contributed by atoms with Gasteiger partial charge in [-0.25, -0.2) is 20.7 Å². The Kier molecular flexibility index (Phi) is 4.98. The maximum Gasteiger partial charge on any atom is 0.136 e. The highest BCUT2D eigenvalue weighted by atomic mass is 32.2. The fraction of sp³-hybridized carbons (Fsp3) is 1.00. The van der Waals surface area contributed by atoms with Crippen molar-refractivity contribution in [1.29, 1.82) is 0 Å². The van der Waals surface area contributed by atoms with Gasteiger partial charge in [-0.05, 0) is 56.8 Å². The number of nitrogens with one attached hydrogen (secondary N) is 4. The summed E-state index contributed by atoms with van der Waals surface area (Å²) in [6, 6.07) is 1.29. The van der Waals surface area contributed by atoms with Gasteiger partial charge in [-0.2, -0.15) is 5.01 Å². The number of hydrogen-bond donors (Lipinski definition) is 4. The van der Waals surface area contributed by atoms with Gasteiger partial charge in [0, 0.05) is 12.1 Å². The van der Waals surface area contributed by atoms with Crippen LogP contribution >= 0.6 is 11.8 Å². The smallest absolute Gasteiger partial charge is 0.136 e. The molecule has 5 aliphatic rings. The number of hydrogen-bond acceptors (Lipinski definition) is 6. The van der Waals surface area contributed by atoms with Crippen LogP contribution in [0.3, 0.4) is 0 Å². The van der Waals surface area contributed by atoms with Crippen molar-refractivity contribution in [2.75, 3.05) is 0 Å². The molecule has 4 N–H and O–H groups in total. The molecule has 0 radical (unpaired) electrons. The van der Waals surface area contributed by atoms with E-state index in [1.807, 2.05) is 11.8 Å². The topological polar surface area (TPSA) is 51.4 Å². The van der Waals surface area contributed by atoms with Gasteiger partial charge in [0.25, 0.3) is 0 Å². The molecule has 0 aromatic heterocycles. The predicted octanol–water partition coefficient (Wildman–Crippen LogP) is 2.42. The summed E-state index contributed by atoms with van der Waals surface area (Å²) in [5, 5.41) is 6.74. The minimum absolute atomic E-state index is 0.215. The second kappa shape index (κ2) is 7.24. The van der Waals surface area contributed by atoms with Crippen LogP contribution in [-0.2, 0) is 0 Å². The molecule has 0 bridgehead atoms. The van der Waals surface area contributed by atoms with Crippen molar-refractivity contribution < 1.29 is 4.39 Å². The summed E-state index contributed by atoms with van der Waals surface area (Å²) in [4.78, 5) is 0. The maximum atomic E-state index is 13.9. The van der Waals surface area contributed by atoms with E-state index in [1.165, 1.54) is 38.5 Å². The van der Waals surface area contributed by atoms with Crippen LogP contribution in [-0.4, -0.2) is 40.3 Å². The average molecular weight is 370 g/mol. The molecule has 25 heavy (non-hydrogen) atoms. The number of rotatable bonds is 2. The van der Waals surface area contributed by atoms with Crippen LogP contribution in [0.2, 0.25) is 0 Å². The summed E-state index contributed by atoms with van der Waals surface area (Å²) in [6.45, 7) is 0. The number of hydrazine groups is 2. The quantitative estimate of drug-likeness (QED) is 0.600. The lowest BCUT2D eigenvalue weighted by molar-refractivity contribution is 0.0619. The van der Waals surface area contributed by atoms with Crippen molar-refractivity contribution in [3.8, 4) is 0 Å². The second-order valence-corrected chi connectivity index (χ2v) is 9.93. The standard InChI is InChI=1S/C18H32FN5S/c19-13-6-3-5-12(10-13)16-21-22-18-24(16)23-17(25-18)15-9-8-11-4-1-2-7-14(11)20-15/h11-18,20-23H,1-10H2. The minimum Gasteiger partial charge on any atom is -0.308 e. The Balaban J connectivity index is 1.21. The van der Waals surface area contributed by atoms with Crippen molar-refractivity contribution in [1.82, 2.24) is 26.6 Å². The number of halogens is 1. The van der Waals surface area contributed by atoms with Gasteiger partial charge in [0.05, 0.1) is 11.5 Å². The summed E-state index contributed by atoms with van der Waals surface area (Å²) in [5.74, 6) is 1.31.